The fourth-order valence-corrected chi connectivity index (χ4v) is 1.56. The lowest BCUT2D eigenvalue weighted by molar-refractivity contribution is -0.134. The number of rotatable bonds is 2. The number of hydrogen-bond acceptors (Lipinski definition) is 3. The molecule has 0 aliphatic carbocycles. The van der Waals surface area contributed by atoms with Crippen LogP contribution in [0.5, 0.6) is 5.75 Å². The maximum absolute atomic E-state index is 11.2. The zero-order valence-corrected chi connectivity index (χ0v) is 11.0. The number of anilines is 1. The standard InChI is InChI=1S/C13H18N2O3/c1-13(2,3)9-7-8(5-6-10(9)18-4)15-12(17)11(14)16/h5-7H,1-4H3,(H2,14,16)(H,15,17). The van der Waals surface area contributed by atoms with Gasteiger partial charge in [-0.2, -0.15) is 0 Å². The fourth-order valence-electron chi connectivity index (χ4n) is 1.56. The molecule has 18 heavy (non-hydrogen) atoms. The number of ether oxygens (including phenoxy) is 1. The third kappa shape index (κ3) is 3.23. The van der Waals surface area contributed by atoms with Crippen molar-refractivity contribution in [3.05, 3.63) is 23.8 Å². The molecule has 0 bridgehead atoms. The molecule has 1 aromatic carbocycles. The van der Waals surface area contributed by atoms with E-state index in [4.69, 9.17) is 10.5 Å². The number of nitrogens with two attached hydrogens (primary N) is 1. The maximum atomic E-state index is 11.2. The molecule has 0 radical (unpaired) electrons. The molecule has 0 aliphatic rings. The van der Waals surface area contributed by atoms with E-state index in [1.54, 1.807) is 25.3 Å². The van der Waals surface area contributed by atoms with Gasteiger partial charge in [0, 0.05) is 11.3 Å². The number of nitrogens with one attached hydrogen (secondary N) is 1. The molecule has 0 unspecified atom stereocenters. The number of benzene rings is 1. The second-order valence-corrected chi connectivity index (χ2v) is 4.98. The van der Waals surface area contributed by atoms with Crippen LogP contribution in [0.2, 0.25) is 0 Å². The molecule has 1 aromatic rings. The quantitative estimate of drug-likeness (QED) is 0.779. The Morgan fingerprint density at radius 2 is 1.89 bits per heavy atom. The first-order chi connectivity index (χ1) is 8.25. The van der Waals surface area contributed by atoms with Crippen LogP contribution in [0, 0.1) is 0 Å². The molecule has 0 aliphatic heterocycles. The summed E-state index contributed by atoms with van der Waals surface area (Å²) in [6.45, 7) is 6.10. The van der Waals surface area contributed by atoms with Crippen LogP contribution < -0.4 is 15.8 Å². The van der Waals surface area contributed by atoms with E-state index in [-0.39, 0.29) is 5.41 Å². The summed E-state index contributed by atoms with van der Waals surface area (Å²) in [5.41, 5.74) is 6.20. The maximum Gasteiger partial charge on any atom is 0.313 e. The van der Waals surface area contributed by atoms with Gasteiger partial charge in [0.1, 0.15) is 5.75 Å². The third-order valence-corrected chi connectivity index (χ3v) is 2.49. The lowest BCUT2D eigenvalue weighted by Gasteiger charge is -2.22. The molecule has 0 saturated carbocycles. The predicted molar refractivity (Wildman–Crippen MR) is 69.5 cm³/mol. The summed E-state index contributed by atoms with van der Waals surface area (Å²) in [5.74, 6) is -1.11. The van der Waals surface area contributed by atoms with Crippen LogP contribution in [0.3, 0.4) is 0 Å². The lowest BCUT2D eigenvalue weighted by Crippen LogP contribution is -2.29. The summed E-state index contributed by atoms with van der Waals surface area (Å²) >= 11 is 0. The Labute approximate surface area is 106 Å². The van der Waals surface area contributed by atoms with Gasteiger partial charge >= 0.3 is 11.8 Å². The van der Waals surface area contributed by atoms with Gasteiger partial charge in [-0.15, -0.1) is 0 Å². The normalized spacial score (nSPS) is 10.9. The van der Waals surface area contributed by atoms with Gasteiger partial charge in [0.25, 0.3) is 0 Å². The fraction of sp³-hybridized carbons (Fsp3) is 0.385. The Bertz CT molecular complexity index is 476. The van der Waals surface area contributed by atoms with Gasteiger partial charge in [0.05, 0.1) is 7.11 Å². The summed E-state index contributed by atoms with van der Waals surface area (Å²) in [6.07, 6.45) is 0. The van der Waals surface area contributed by atoms with Crippen molar-refractivity contribution in [2.75, 3.05) is 12.4 Å². The summed E-state index contributed by atoms with van der Waals surface area (Å²) in [6, 6.07) is 5.19. The van der Waals surface area contributed by atoms with Crippen LogP contribution in [-0.4, -0.2) is 18.9 Å². The van der Waals surface area contributed by atoms with E-state index in [1.807, 2.05) is 20.8 Å². The Kier molecular flexibility index (Phi) is 3.96. The van der Waals surface area contributed by atoms with Gasteiger partial charge in [0.2, 0.25) is 0 Å². The highest BCUT2D eigenvalue weighted by atomic mass is 16.5. The molecule has 0 aromatic heterocycles. The van der Waals surface area contributed by atoms with Gasteiger partial charge in [-0.05, 0) is 23.6 Å². The average Bonchev–Trinajstić information content (AvgIpc) is 2.27. The second-order valence-electron chi connectivity index (χ2n) is 4.98. The number of carbonyl (C=O) groups is 2. The van der Waals surface area contributed by atoms with Crippen LogP contribution in [-0.2, 0) is 15.0 Å². The molecule has 0 spiro atoms. The molecule has 2 amide bonds. The number of hydrogen-bond donors (Lipinski definition) is 2. The molecular formula is C13H18N2O3. The SMILES string of the molecule is COc1ccc(NC(=O)C(N)=O)cc1C(C)(C)C. The minimum atomic E-state index is -1.01. The van der Waals surface area contributed by atoms with Gasteiger partial charge < -0.3 is 15.8 Å². The molecule has 98 valence electrons. The Morgan fingerprint density at radius 1 is 1.28 bits per heavy atom. The summed E-state index contributed by atoms with van der Waals surface area (Å²) in [7, 11) is 1.59. The highest BCUT2D eigenvalue weighted by Crippen LogP contribution is 2.33. The van der Waals surface area contributed by atoms with Crippen LogP contribution in [0.4, 0.5) is 5.69 Å². The molecule has 0 heterocycles. The van der Waals surface area contributed by atoms with Crippen molar-refractivity contribution in [2.45, 2.75) is 26.2 Å². The van der Waals surface area contributed by atoms with Crippen molar-refractivity contribution >= 4 is 17.5 Å². The Hall–Kier alpha value is -2.04. The van der Waals surface area contributed by atoms with Crippen molar-refractivity contribution in [1.29, 1.82) is 0 Å². The minimum Gasteiger partial charge on any atom is -0.496 e. The number of amides is 2. The van der Waals surface area contributed by atoms with E-state index in [2.05, 4.69) is 5.32 Å². The van der Waals surface area contributed by atoms with E-state index in [0.717, 1.165) is 11.3 Å². The monoisotopic (exact) mass is 250 g/mol. The van der Waals surface area contributed by atoms with Crippen LogP contribution >= 0.6 is 0 Å². The van der Waals surface area contributed by atoms with Gasteiger partial charge in [-0.25, -0.2) is 0 Å². The molecule has 3 N–H and O–H groups in total. The zero-order chi connectivity index (χ0) is 13.9. The largest absolute Gasteiger partial charge is 0.496 e. The van der Waals surface area contributed by atoms with Crippen LogP contribution in [0.25, 0.3) is 0 Å². The smallest absolute Gasteiger partial charge is 0.313 e. The van der Waals surface area contributed by atoms with Gasteiger partial charge in [-0.1, -0.05) is 20.8 Å². The van der Waals surface area contributed by atoms with E-state index < -0.39 is 11.8 Å². The molecule has 5 nitrogen and oxygen atoms in total. The Morgan fingerprint density at radius 3 is 2.33 bits per heavy atom. The Balaban J connectivity index is 3.11. The number of carbonyl (C=O) groups excluding carboxylic acids is 2. The average molecular weight is 250 g/mol. The van der Waals surface area contributed by atoms with E-state index in [9.17, 15) is 9.59 Å². The first-order valence-electron chi connectivity index (χ1n) is 5.55. The highest BCUT2D eigenvalue weighted by molar-refractivity contribution is 6.39. The predicted octanol–water partition coefficient (Wildman–Crippen LogP) is 1.42. The summed E-state index contributed by atoms with van der Waals surface area (Å²) < 4.78 is 5.27. The third-order valence-electron chi connectivity index (χ3n) is 2.49. The zero-order valence-electron chi connectivity index (χ0n) is 11.0. The van der Waals surface area contributed by atoms with Crippen molar-refractivity contribution in [3.8, 4) is 5.75 Å². The topological polar surface area (TPSA) is 81.4 Å². The van der Waals surface area contributed by atoms with Crippen molar-refractivity contribution in [2.24, 2.45) is 5.73 Å². The minimum absolute atomic E-state index is 0.140. The van der Waals surface area contributed by atoms with Crippen LogP contribution in [0.1, 0.15) is 26.3 Å². The first kappa shape index (κ1) is 14.0. The molecule has 0 saturated heterocycles. The summed E-state index contributed by atoms with van der Waals surface area (Å²) in [4.78, 5) is 21.9. The van der Waals surface area contributed by atoms with Crippen molar-refractivity contribution < 1.29 is 14.3 Å². The lowest BCUT2D eigenvalue weighted by atomic mass is 9.86. The molecule has 0 fully saturated rings. The van der Waals surface area contributed by atoms with Crippen molar-refractivity contribution in [3.63, 3.8) is 0 Å². The van der Waals surface area contributed by atoms with E-state index >= 15 is 0 Å². The van der Waals surface area contributed by atoms with Crippen molar-refractivity contribution in [1.82, 2.24) is 0 Å². The first-order valence-corrected chi connectivity index (χ1v) is 5.55. The van der Waals surface area contributed by atoms with Crippen LogP contribution in [0.15, 0.2) is 18.2 Å². The highest BCUT2D eigenvalue weighted by Gasteiger charge is 2.20. The van der Waals surface area contributed by atoms with Gasteiger partial charge in [-0.3, -0.25) is 9.59 Å². The van der Waals surface area contributed by atoms with E-state index in [0.29, 0.717) is 5.69 Å². The number of methoxy groups -OCH3 is 1. The summed E-state index contributed by atoms with van der Waals surface area (Å²) in [5, 5.41) is 2.44. The molecular weight excluding hydrogens is 232 g/mol. The second kappa shape index (κ2) is 5.08. The number of primary amides is 1. The molecule has 5 heteroatoms. The molecule has 0 atom stereocenters. The molecule has 1 rings (SSSR count). The van der Waals surface area contributed by atoms with Gasteiger partial charge in [0.15, 0.2) is 0 Å². The van der Waals surface area contributed by atoms with E-state index in [1.165, 1.54) is 0 Å².